The quantitative estimate of drug-likeness (QED) is 0.193. The number of rotatable bonds is 4. The van der Waals surface area contributed by atoms with Crippen molar-refractivity contribution in [2.45, 2.75) is 27.7 Å². The van der Waals surface area contributed by atoms with Crippen LogP contribution in [0.15, 0.2) is 140 Å². The van der Waals surface area contributed by atoms with E-state index in [4.69, 9.17) is 0 Å². The first-order valence-electron chi connectivity index (χ1n) is 17.9. The van der Waals surface area contributed by atoms with E-state index in [2.05, 4.69) is 190 Å². The van der Waals surface area contributed by atoms with Crippen LogP contribution in [0.4, 0.5) is 45.5 Å². The molecule has 10 rings (SSSR count). The van der Waals surface area contributed by atoms with Gasteiger partial charge < -0.3 is 15.1 Å². The van der Waals surface area contributed by atoms with E-state index in [9.17, 15) is 0 Å². The van der Waals surface area contributed by atoms with Crippen molar-refractivity contribution < 1.29 is 0 Å². The maximum atomic E-state index is 3.77. The van der Waals surface area contributed by atoms with Crippen molar-refractivity contribution in [3.8, 4) is 11.1 Å². The molecule has 0 amide bonds. The second-order valence-corrected chi connectivity index (χ2v) is 14.4. The second kappa shape index (κ2) is 11.3. The summed E-state index contributed by atoms with van der Waals surface area (Å²) in [6, 6.07) is 51.7. The number of para-hydroxylation sites is 2. The number of anilines is 8. The highest BCUT2D eigenvalue weighted by atomic mass is 15.2. The predicted octanol–water partition coefficient (Wildman–Crippen LogP) is 8.38. The molecular weight excluding hydrogens is 616 g/mol. The third-order valence-corrected chi connectivity index (χ3v) is 10.8. The Balaban J connectivity index is 1.35. The van der Waals surface area contributed by atoms with Crippen LogP contribution in [0.3, 0.4) is 0 Å². The molecule has 7 aromatic rings. The van der Waals surface area contributed by atoms with Crippen LogP contribution >= 0.6 is 0 Å². The molecule has 51 heavy (non-hydrogen) atoms. The molecule has 0 bridgehead atoms. The minimum absolute atomic E-state index is 0.0868. The molecule has 0 aromatic heterocycles. The molecule has 1 N–H and O–H groups in total. The van der Waals surface area contributed by atoms with Crippen molar-refractivity contribution in [3.05, 3.63) is 162 Å². The van der Waals surface area contributed by atoms with E-state index in [0.717, 1.165) is 11.4 Å². The molecule has 1 radical (unpaired) electrons. The summed E-state index contributed by atoms with van der Waals surface area (Å²) in [6.45, 7) is 8.91. The summed E-state index contributed by atoms with van der Waals surface area (Å²) in [6.07, 6.45) is 0. The topological polar surface area (TPSA) is 18.5 Å². The molecule has 5 heteroatoms. The van der Waals surface area contributed by atoms with E-state index in [0.29, 0.717) is 0 Å². The van der Waals surface area contributed by atoms with E-state index in [1.165, 1.54) is 94.8 Å². The van der Waals surface area contributed by atoms with E-state index in [1.54, 1.807) is 0 Å². The Morgan fingerprint density at radius 3 is 1.90 bits per heavy atom. The van der Waals surface area contributed by atoms with Gasteiger partial charge in [-0.25, -0.2) is 0 Å². The molecule has 3 nitrogen and oxygen atoms in total. The van der Waals surface area contributed by atoms with Gasteiger partial charge in [-0.05, 0) is 126 Å². The van der Waals surface area contributed by atoms with E-state index in [-0.39, 0.29) is 6.71 Å². The van der Waals surface area contributed by atoms with Crippen molar-refractivity contribution in [2.24, 2.45) is 0 Å². The molecule has 0 saturated carbocycles. The Kier molecular flexibility index (Phi) is 6.63. The van der Waals surface area contributed by atoms with Crippen LogP contribution < -0.4 is 42.4 Å². The van der Waals surface area contributed by atoms with Gasteiger partial charge in [-0.1, -0.05) is 95.9 Å². The number of hydrogen-bond acceptors (Lipinski definition) is 3. The molecular formula is C46H36B2N3. The Hall–Kier alpha value is -5.93. The first-order chi connectivity index (χ1) is 24.9. The molecule has 0 saturated heterocycles. The number of fused-ring (bicyclic) bond motifs is 7. The summed E-state index contributed by atoms with van der Waals surface area (Å²) < 4.78 is 0. The zero-order valence-electron chi connectivity index (χ0n) is 29.3. The standard InChI is InChI=1S/C46H36B2N3/c1-28-11-10-14-33(23-28)50-41-25-30(3)18-21-37(41)48-38-22-19-31(4)26-42(38)51-40-24-29(2)17-20-36(40)47-44-35(27-43(50)45(48)46(44)51)34-15-8-9-16-39(34)49-32-12-6-5-7-13-32/h5-27,49H,1-4H3. The lowest BCUT2D eigenvalue weighted by atomic mass is 9.32. The first-order valence-corrected chi connectivity index (χ1v) is 17.9. The molecule has 0 aliphatic carbocycles. The maximum Gasteiger partial charge on any atom is 0.252 e. The maximum absolute atomic E-state index is 3.77. The number of hydrogen-bond donors (Lipinski definition) is 1. The highest BCUT2D eigenvalue weighted by molar-refractivity contribution is 7.01. The molecule has 7 aromatic carbocycles. The van der Waals surface area contributed by atoms with Crippen LogP contribution in [0, 0.1) is 27.7 Å². The number of benzene rings is 7. The molecule has 241 valence electrons. The predicted molar refractivity (Wildman–Crippen MR) is 220 cm³/mol. The molecule has 3 heterocycles. The highest BCUT2D eigenvalue weighted by Crippen LogP contribution is 2.47. The number of aryl methyl sites for hydroxylation is 4. The Morgan fingerprint density at radius 1 is 0.510 bits per heavy atom. The average molecular weight is 652 g/mol. The zero-order valence-corrected chi connectivity index (χ0v) is 29.3. The van der Waals surface area contributed by atoms with E-state index < -0.39 is 0 Å². The van der Waals surface area contributed by atoms with E-state index in [1.807, 2.05) is 0 Å². The van der Waals surface area contributed by atoms with Gasteiger partial charge in [0.05, 0.1) is 0 Å². The van der Waals surface area contributed by atoms with Gasteiger partial charge in [-0.2, -0.15) is 0 Å². The van der Waals surface area contributed by atoms with Crippen molar-refractivity contribution in [1.29, 1.82) is 0 Å². The van der Waals surface area contributed by atoms with Crippen molar-refractivity contribution in [1.82, 2.24) is 0 Å². The minimum atomic E-state index is 0.0868. The van der Waals surface area contributed by atoms with Gasteiger partial charge >= 0.3 is 0 Å². The van der Waals surface area contributed by atoms with Gasteiger partial charge in [-0.15, -0.1) is 0 Å². The van der Waals surface area contributed by atoms with E-state index >= 15 is 0 Å². The first kappa shape index (κ1) is 29.9. The van der Waals surface area contributed by atoms with Gasteiger partial charge in [0, 0.05) is 51.1 Å². The number of nitrogens with one attached hydrogen (secondary N) is 1. The van der Waals surface area contributed by atoms with Crippen LogP contribution in [0.2, 0.25) is 0 Å². The van der Waals surface area contributed by atoms with Gasteiger partial charge in [0.25, 0.3) is 6.71 Å². The third-order valence-electron chi connectivity index (χ3n) is 10.8. The summed E-state index contributed by atoms with van der Waals surface area (Å²) in [5, 5.41) is 3.77. The van der Waals surface area contributed by atoms with Crippen LogP contribution in [0.1, 0.15) is 22.3 Å². The molecule has 0 atom stereocenters. The van der Waals surface area contributed by atoms with Crippen LogP contribution in [0.25, 0.3) is 11.1 Å². The average Bonchev–Trinajstić information content (AvgIpc) is 3.13. The summed E-state index contributed by atoms with van der Waals surface area (Å²) in [4.78, 5) is 5.11. The van der Waals surface area contributed by atoms with Gasteiger partial charge in [0.2, 0.25) is 0 Å². The van der Waals surface area contributed by atoms with Crippen LogP contribution in [-0.4, -0.2) is 14.0 Å². The molecule has 0 unspecified atom stereocenters. The normalized spacial score (nSPS) is 13.1. The monoisotopic (exact) mass is 652 g/mol. The van der Waals surface area contributed by atoms with Gasteiger partial charge in [-0.3, -0.25) is 0 Å². The Bertz CT molecular complexity index is 2550. The van der Waals surface area contributed by atoms with Gasteiger partial charge in [0.15, 0.2) is 7.28 Å². The van der Waals surface area contributed by atoms with Crippen molar-refractivity contribution >= 4 is 86.8 Å². The number of nitrogens with zero attached hydrogens (tertiary/aromatic N) is 2. The fourth-order valence-corrected chi connectivity index (χ4v) is 8.60. The summed E-state index contributed by atoms with van der Waals surface area (Å²) in [7, 11) is 2.44. The minimum Gasteiger partial charge on any atom is -0.355 e. The van der Waals surface area contributed by atoms with Crippen LogP contribution in [-0.2, 0) is 0 Å². The zero-order chi connectivity index (χ0) is 34.4. The second-order valence-electron chi connectivity index (χ2n) is 14.4. The highest BCUT2D eigenvalue weighted by Gasteiger charge is 2.46. The summed E-state index contributed by atoms with van der Waals surface area (Å²) >= 11 is 0. The largest absolute Gasteiger partial charge is 0.355 e. The van der Waals surface area contributed by atoms with Crippen LogP contribution in [0.5, 0.6) is 0 Å². The lowest BCUT2D eigenvalue weighted by Crippen LogP contribution is -2.64. The Labute approximate surface area is 301 Å². The SMILES string of the molecule is Cc1cccc(N2c3cc(C)ccc3B3c4ccc(C)cc4N4c5cc(C)ccc5[B]c5c(-c6ccccc6Nc6ccccc6)cc2c3c54)c1. The molecule has 3 aliphatic heterocycles. The fraction of sp³-hybridized carbons (Fsp3) is 0.0870. The lowest BCUT2D eigenvalue weighted by molar-refractivity contribution is 1.24. The third kappa shape index (κ3) is 4.61. The lowest BCUT2D eigenvalue weighted by Gasteiger charge is -2.47. The smallest absolute Gasteiger partial charge is 0.252 e. The molecule has 0 spiro atoms. The fourth-order valence-electron chi connectivity index (χ4n) is 8.60. The molecule has 0 fully saturated rings. The molecule has 3 aliphatic rings. The summed E-state index contributed by atoms with van der Waals surface area (Å²) in [5.41, 5.74) is 23.5. The Morgan fingerprint density at radius 2 is 1.16 bits per heavy atom. The van der Waals surface area contributed by atoms with Gasteiger partial charge in [0.1, 0.15) is 0 Å². The van der Waals surface area contributed by atoms with Crippen molar-refractivity contribution in [2.75, 3.05) is 15.1 Å². The summed E-state index contributed by atoms with van der Waals surface area (Å²) in [5.74, 6) is 0. The van der Waals surface area contributed by atoms with Crippen molar-refractivity contribution in [3.63, 3.8) is 0 Å².